The van der Waals surface area contributed by atoms with Gasteiger partial charge < -0.3 is 24.7 Å². The highest BCUT2D eigenvalue weighted by molar-refractivity contribution is 7.99. The Labute approximate surface area is 190 Å². The second-order valence-corrected chi connectivity index (χ2v) is 8.16. The van der Waals surface area contributed by atoms with Gasteiger partial charge in [0.15, 0.2) is 16.7 Å². The van der Waals surface area contributed by atoms with Crippen molar-refractivity contribution >= 4 is 29.3 Å². The number of anilines is 1. The Kier molecular flexibility index (Phi) is 6.96. The Morgan fingerprint density at radius 2 is 1.88 bits per heavy atom. The summed E-state index contributed by atoms with van der Waals surface area (Å²) in [5, 5.41) is 6.53. The summed E-state index contributed by atoms with van der Waals surface area (Å²) in [5.74, 6) is 1.47. The standard InChI is InChI=1S/C23H24N4O4S/c1-27-11-10-25-23(27)32-15-21(28)26-18-5-3-17(4-6-18)22(29)24-9-8-16-2-7-19-20(14-16)31-13-12-30-19/h2-7,10-11,14H,8-9,12-13,15H2,1H3,(H,24,29)(H,26,28). The minimum atomic E-state index is -0.161. The molecule has 0 aliphatic carbocycles. The van der Waals surface area contributed by atoms with Crippen LogP contribution in [0.25, 0.3) is 0 Å². The first-order valence-corrected chi connectivity index (χ1v) is 11.2. The lowest BCUT2D eigenvalue weighted by Crippen LogP contribution is -2.25. The van der Waals surface area contributed by atoms with E-state index in [-0.39, 0.29) is 17.6 Å². The molecule has 0 saturated carbocycles. The quantitative estimate of drug-likeness (QED) is 0.511. The van der Waals surface area contributed by atoms with Crippen molar-refractivity contribution in [3.05, 3.63) is 66.0 Å². The molecule has 1 aliphatic rings. The molecule has 0 radical (unpaired) electrons. The van der Waals surface area contributed by atoms with E-state index in [1.54, 1.807) is 30.5 Å². The van der Waals surface area contributed by atoms with Crippen LogP contribution in [-0.2, 0) is 18.3 Å². The lowest BCUT2D eigenvalue weighted by atomic mass is 10.1. The van der Waals surface area contributed by atoms with Gasteiger partial charge in [0.05, 0.1) is 5.75 Å². The molecule has 1 aromatic heterocycles. The van der Waals surface area contributed by atoms with Gasteiger partial charge >= 0.3 is 0 Å². The van der Waals surface area contributed by atoms with E-state index in [9.17, 15) is 9.59 Å². The minimum Gasteiger partial charge on any atom is -0.486 e. The lowest BCUT2D eigenvalue weighted by Gasteiger charge is -2.18. The maximum absolute atomic E-state index is 12.4. The van der Waals surface area contributed by atoms with Crippen LogP contribution < -0.4 is 20.1 Å². The summed E-state index contributed by atoms with van der Waals surface area (Å²) in [6, 6.07) is 12.7. The maximum Gasteiger partial charge on any atom is 0.251 e. The second kappa shape index (κ2) is 10.2. The van der Waals surface area contributed by atoms with Gasteiger partial charge in [-0.25, -0.2) is 4.98 Å². The first-order valence-electron chi connectivity index (χ1n) is 10.3. The van der Waals surface area contributed by atoms with E-state index in [2.05, 4.69) is 15.6 Å². The molecule has 4 rings (SSSR count). The molecule has 0 fully saturated rings. The van der Waals surface area contributed by atoms with Gasteiger partial charge in [0.25, 0.3) is 5.91 Å². The molecule has 1 aliphatic heterocycles. The van der Waals surface area contributed by atoms with Crippen molar-refractivity contribution < 1.29 is 19.1 Å². The zero-order chi connectivity index (χ0) is 22.3. The fourth-order valence-electron chi connectivity index (χ4n) is 3.19. The zero-order valence-corrected chi connectivity index (χ0v) is 18.5. The van der Waals surface area contributed by atoms with Crippen molar-refractivity contribution in [3.8, 4) is 11.5 Å². The molecule has 0 spiro atoms. The third-order valence-electron chi connectivity index (χ3n) is 4.85. The average molecular weight is 453 g/mol. The molecular weight excluding hydrogens is 428 g/mol. The molecule has 0 atom stereocenters. The number of nitrogens with zero attached hydrogens (tertiary/aromatic N) is 2. The Hall–Kier alpha value is -3.46. The summed E-state index contributed by atoms with van der Waals surface area (Å²) in [6.07, 6.45) is 4.21. The number of aromatic nitrogens is 2. The van der Waals surface area contributed by atoms with Crippen LogP contribution in [0, 0.1) is 0 Å². The third kappa shape index (κ3) is 5.61. The number of rotatable bonds is 8. The van der Waals surface area contributed by atoms with Crippen molar-refractivity contribution in [2.75, 3.05) is 30.8 Å². The Bertz CT molecular complexity index is 1100. The molecule has 0 unspecified atom stereocenters. The van der Waals surface area contributed by atoms with Crippen molar-refractivity contribution in [2.24, 2.45) is 7.05 Å². The second-order valence-electron chi connectivity index (χ2n) is 7.22. The topological polar surface area (TPSA) is 94.5 Å². The van der Waals surface area contributed by atoms with Gasteiger partial charge in [-0.2, -0.15) is 0 Å². The van der Waals surface area contributed by atoms with E-state index in [4.69, 9.17) is 9.47 Å². The Balaban J connectivity index is 1.22. The normalized spacial score (nSPS) is 12.3. The number of carbonyl (C=O) groups is 2. The van der Waals surface area contributed by atoms with E-state index in [1.807, 2.05) is 36.0 Å². The summed E-state index contributed by atoms with van der Waals surface area (Å²) < 4.78 is 13.0. The number of imidazole rings is 1. The molecule has 0 bridgehead atoms. The van der Waals surface area contributed by atoms with Crippen molar-refractivity contribution in [3.63, 3.8) is 0 Å². The van der Waals surface area contributed by atoms with Crippen LogP contribution in [0.1, 0.15) is 15.9 Å². The molecule has 2 N–H and O–H groups in total. The Morgan fingerprint density at radius 1 is 1.09 bits per heavy atom. The van der Waals surface area contributed by atoms with Crippen LogP contribution in [0.3, 0.4) is 0 Å². The smallest absolute Gasteiger partial charge is 0.251 e. The number of fused-ring (bicyclic) bond motifs is 1. The molecular formula is C23H24N4O4S. The molecule has 32 heavy (non-hydrogen) atoms. The first-order chi connectivity index (χ1) is 15.6. The summed E-state index contributed by atoms with van der Waals surface area (Å²) in [6.45, 7) is 1.61. The van der Waals surface area contributed by atoms with E-state index in [0.717, 1.165) is 22.2 Å². The average Bonchev–Trinajstić information content (AvgIpc) is 3.22. The molecule has 3 aromatic rings. The van der Waals surface area contributed by atoms with E-state index >= 15 is 0 Å². The van der Waals surface area contributed by atoms with Crippen molar-refractivity contribution in [2.45, 2.75) is 11.6 Å². The van der Waals surface area contributed by atoms with Crippen molar-refractivity contribution in [1.82, 2.24) is 14.9 Å². The van der Waals surface area contributed by atoms with Crippen molar-refractivity contribution in [1.29, 1.82) is 0 Å². The first kappa shape index (κ1) is 21.8. The van der Waals surface area contributed by atoms with Crippen LogP contribution >= 0.6 is 11.8 Å². The van der Waals surface area contributed by atoms with Gasteiger partial charge in [-0.1, -0.05) is 17.8 Å². The number of benzene rings is 2. The van der Waals surface area contributed by atoms with Crippen LogP contribution in [0.4, 0.5) is 5.69 Å². The van der Waals surface area contributed by atoms with Crippen LogP contribution in [0.2, 0.25) is 0 Å². The van der Waals surface area contributed by atoms with Gasteiger partial charge in [-0.05, 0) is 48.4 Å². The van der Waals surface area contributed by atoms with Crippen LogP contribution in [0.15, 0.2) is 60.0 Å². The van der Waals surface area contributed by atoms with Gasteiger partial charge in [0.1, 0.15) is 13.2 Å². The summed E-state index contributed by atoms with van der Waals surface area (Å²) >= 11 is 1.36. The largest absolute Gasteiger partial charge is 0.486 e. The fourth-order valence-corrected chi connectivity index (χ4v) is 3.92. The predicted molar refractivity (Wildman–Crippen MR) is 122 cm³/mol. The summed E-state index contributed by atoms with van der Waals surface area (Å²) in [5.41, 5.74) is 2.24. The molecule has 2 aromatic carbocycles. The fraction of sp³-hybridized carbons (Fsp3) is 0.261. The highest BCUT2D eigenvalue weighted by atomic mass is 32.2. The number of thioether (sulfide) groups is 1. The van der Waals surface area contributed by atoms with Gasteiger partial charge in [-0.15, -0.1) is 0 Å². The Morgan fingerprint density at radius 3 is 2.62 bits per heavy atom. The van der Waals surface area contributed by atoms with Crippen LogP contribution in [0.5, 0.6) is 11.5 Å². The van der Waals surface area contributed by atoms with E-state index in [0.29, 0.717) is 37.4 Å². The molecule has 9 heteroatoms. The molecule has 0 saturated heterocycles. The molecule has 8 nitrogen and oxygen atoms in total. The zero-order valence-electron chi connectivity index (χ0n) is 17.7. The highest BCUT2D eigenvalue weighted by Gasteiger charge is 2.12. The van der Waals surface area contributed by atoms with Gasteiger partial charge in [-0.3, -0.25) is 9.59 Å². The number of nitrogens with one attached hydrogen (secondary N) is 2. The molecule has 166 valence electrons. The number of ether oxygens (including phenoxy) is 2. The third-order valence-corrected chi connectivity index (χ3v) is 5.90. The number of carbonyl (C=O) groups excluding carboxylic acids is 2. The van der Waals surface area contributed by atoms with Gasteiger partial charge in [0.2, 0.25) is 5.91 Å². The van der Waals surface area contributed by atoms with Crippen LogP contribution in [-0.4, -0.2) is 46.9 Å². The molecule has 2 heterocycles. The summed E-state index contributed by atoms with van der Waals surface area (Å²) in [4.78, 5) is 28.7. The lowest BCUT2D eigenvalue weighted by molar-refractivity contribution is -0.113. The number of hydrogen-bond acceptors (Lipinski definition) is 6. The number of amides is 2. The monoisotopic (exact) mass is 452 g/mol. The van der Waals surface area contributed by atoms with E-state index in [1.165, 1.54) is 11.8 Å². The molecule has 2 amide bonds. The number of hydrogen-bond donors (Lipinski definition) is 2. The highest BCUT2D eigenvalue weighted by Crippen LogP contribution is 2.30. The maximum atomic E-state index is 12.4. The summed E-state index contributed by atoms with van der Waals surface area (Å²) in [7, 11) is 1.88. The predicted octanol–water partition coefficient (Wildman–Crippen LogP) is 2.89. The number of aryl methyl sites for hydroxylation is 1. The SMILES string of the molecule is Cn1ccnc1SCC(=O)Nc1ccc(C(=O)NCCc2ccc3c(c2)OCCO3)cc1. The van der Waals surface area contributed by atoms with Gasteiger partial charge in [0, 0.05) is 37.2 Å². The van der Waals surface area contributed by atoms with E-state index < -0.39 is 0 Å². The minimum absolute atomic E-state index is 0.130.